The van der Waals surface area contributed by atoms with E-state index in [1.807, 2.05) is 0 Å². The molecular weight excluding hydrogens is 136 g/mol. The van der Waals surface area contributed by atoms with Crippen LogP contribution in [0.15, 0.2) is 0 Å². The highest BCUT2D eigenvalue weighted by molar-refractivity contribution is 4.97. The summed E-state index contributed by atoms with van der Waals surface area (Å²) in [7, 11) is 0. The van der Waals surface area contributed by atoms with E-state index in [1.54, 1.807) is 0 Å². The summed E-state index contributed by atoms with van der Waals surface area (Å²) in [5.74, 6) is 1.41. The van der Waals surface area contributed by atoms with Crippen LogP contribution in [0.1, 0.15) is 45.4 Å². The van der Waals surface area contributed by atoms with Crippen molar-refractivity contribution in [2.24, 2.45) is 11.8 Å². The zero-order valence-corrected chi connectivity index (χ0v) is 7.34. The first-order chi connectivity index (χ1) is 5.22. The van der Waals surface area contributed by atoms with Crippen molar-refractivity contribution < 1.29 is 5.11 Å². The number of hydrogen-bond donors (Lipinski definition) is 1. The second-order valence-corrected chi connectivity index (χ2v) is 4.47. The Morgan fingerprint density at radius 2 is 2.00 bits per heavy atom. The molecule has 2 fully saturated rings. The summed E-state index contributed by atoms with van der Waals surface area (Å²) < 4.78 is 0. The molecule has 0 aromatic carbocycles. The maximum Gasteiger partial charge on any atom is 0.0678 e. The molecule has 0 saturated heterocycles. The van der Waals surface area contributed by atoms with Crippen LogP contribution < -0.4 is 0 Å². The van der Waals surface area contributed by atoms with E-state index in [-0.39, 0.29) is 5.60 Å². The van der Waals surface area contributed by atoms with Crippen molar-refractivity contribution >= 4 is 0 Å². The monoisotopic (exact) mass is 154 g/mol. The molecule has 64 valence electrons. The Kier molecular flexibility index (Phi) is 1.71. The summed E-state index contributed by atoms with van der Waals surface area (Å²) in [6, 6.07) is 0. The van der Waals surface area contributed by atoms with Gasteiger partial charge in [0.2, 0.25) is 0 Å². The van der Waals surface area contributed by atoms with Crippen molar-refractivity contribution in [1.29, 1.82) is 0 Å². The van der Waals surface area contributed by atoms with Crippen LogP contribution in [-0.4, -0.2) is 10.7 Å². The van der Waals surface area contributed by atoms with E-state index in [9.17, 15) is 5.11 Å². The van der Waals surface area contributed by atoms with Crippen LogP contribution in [0, 0.1) is 11.8 Å². The number of aliphatic hydroxyl groups is 1. The molecular formula is C10H18O. The first kappa shape index (κ1) is 7.60. The van der Waals surface area contributed by atoms with E-state index < -0.39 is 0 Å². The fourth-order valence-corrected chi connectivity index (χ4v) is 3.05. The van der Waals surface area contributed by atoms with E-state index in [2.05, 4.69) is 6.92 Å². The SMILES string of the molecule is CC1CCC2(O)CCCCC12. The van der Waals surface area contributed by atoms with Crippen LogP contribution in [0.25, 0.3) is 0 Å². The molecule has 1 nitrogen and oxygen atoms in total. The summed E-state index contributed by atoms with van der Waals surface area (Å²) in [5, 5.41) is 10.2. The number of hydrogen-bond acceptors (Lipinski definition) is 1. The summed E-state index contributed by atoms with van der Waals surface area (Å²) in [5.41, 5.74) is -0.238. The number of fused-ring (bicyclic) bond motifs is 1. The van der Waals surface area contributed by atoms with Gasteiger partial charge in [-0.05, 0) is 37.5 Å². The van der Waals surface area contributed by atoms with Gasteiger partial charge in [0.05, 0.1) is 5.60 Å². The van der Waals surface area contributed by atoms with Crippen molar-refractivity contribution in [2.45, 2.75) is 51.0 Å². The van der Waals surface area contributed by atoms with Gasteiger partial charge < -0.3 is 5.11 Å². The summed E-state index contributed by atoms with van der Waals surface area (Å²) in [6.45, 7) is 2.30. The van der Waals surface area contributed by atoms with Crippen molar-refractivity contribution in [3.63, 3.8) is 0 Å². The van der Waals surface area contributed by atoms with Gasteiger partial charge in [0.15, 0.2) is 0 Å². The fourth-order valence-electron chi connectivity index (χ4n) is 3.05. The van der Waals surface area contributed by atoms with E-state index >= 15 is 0 Å². The topological polar surface area (TPSA) is 20.2 Å². The molecule has 0 aromatic heterocycles. The average molecular weight is 154 g/mol. The zero-order valence-electron chi connectivity index (χ0n) is 7.34. The highest BCUT2D eigenvalue weighted by Gasteiger charge is 2.46. The molecule has 2 saturated carbocycles. The Bertz CT molecular complexity index is 151. The summed E-state index contributed by atoms with van der Waals surface area (Å²) in [6.07, 6.45) is 7.26. The molecule has 0 aliphatic heterocycles. The third-order valence-corrected chi connectivity index (χ3v) is 3.78. The minimum atomic E-state index is -0.238. The molecule has 2 aliphatic rings. The third-order valence-electron chi connectivity index (χ3n) is 3.78. The standard InChI is InChI=1S/C10H18O/c1-8-5-7-10(11)6-3-2-4-9(8)10/h8-9,11H,2-7H2,1H3. The molecule has 1 N–H and O–H groups in total. The summed E-state index contributed by atoms with van der Waals surface area (Å²) >= 11 is 0. The Morgan fingerprint density at radius 1 is 1.18 bits per heavy atom. The molecule has 3 unspecified atom stereocenters. The molecule has 2 aliphatic carbocycles. The van der Waals surface area contributed by atoms with Gasteiger partial charge in [-0.1, -0.05) is 19.8 Å². The Balaban J connectivity index is 2.14. The molecule has 3 atom stereocenters. The van der Waals surface area contributed by atoms with Crippen molar-refractivity contribution in [1.82, 2.24) is 0 Å². The van der Waals surface area contributed by atoms with Crippen LogP contribution in [0.3, 0.4) is 0 Å². The largest absolute Gasteiger partial charge is 0.390 e. The first-order valence-electron chi connectivity index (χ1n) is 4.95. The molecule has 1 heteroatoms. The maximum atomic E-state index is 10.2. The van der Waals surface area contributed by atoms with Gasteiger partial charge in [-0.25, -0.2) is 0 Å². The highest BCUT2D eigenvalue weighted by Crippen LogP contribution is 2.48. The Labute approximate surface area is 68.8 Å². The van der Waals surface area contributed by atoms with Gasteiger partial charge in [-0.3, -0.25) is 0 Å². The molecule has 0 spiro atoms. The van der Waals surface area contributed by atoms with Crippen LogP contribution in [0.4, 0.5) is 0 Å². The molecule has 11 heavy (non-hydrogen) atoms. The lowest BCUT2D eigenvalue weighted by molar-refractivity contribution is -0.0356. The van der Waals surface area contributed by atoms with Gasteiger partial charge in [-0.2, -0.15) is 0 Å². The van der Waals surface area contributed by atoms with Crippen molar-refractivity contribution in [2.75, 3.05) is 0 Å². The van der Waals surface area contributed by atoms with E-state index in [0.717, 1.165) is 18.8 Å². The van der Waals surface area contributed by atoms with Crippen molar-refractivity contribution in [3.8, 4) is 0 Å². The fraction of sp³-hybridized carbons (Fsp3) is 1.00. The van der Waals surface area contributed by atoms with Crippen LogP contribution in [-0.2, 0) is 0 Å². The zero-order chi connectivity index (χ0) is 7.90. The van der Waals surface area contributed by atoms with Gasteiger partial charge in [0, 0.05) is 0 Å². The lowest BCUT2D eigenvalue weighted by atomic mass is 9.75. The normalized spacial score (nSPS) is 50.7. The highest BCUT2D eigenvalue weighted by atomic mass is 16.3. The minimum Gasteiger partial charge on any atom is -0.390 e. The Hall–Kier alpha value is -0.0400. The number of rotatable bonds is 0. The predicted octanol–water partition coefficient (Wildman–Crippen LogP) is 2.34. The maximum absolute atomic E-state index is 10.2. The van der Waals surface area contributed by atoms with E-state index in [1.165, 1.54) is 25.7 Å². The van der Waals surface area contributed by atoms with Crippen molar-refractivity contribution in [3.05, 3.63) is 0 Å². The quantitative estimate of drug-likeness (QED) is 0.568. The van der Waals surface area contributed by atoms with Gasteiger partial charge >= 0.3 is 0 Å². The Morgan fingerprint density at radius 3 is 2.73 bits per heavy atom. The van der Waals surface area contributed by atoms with E-state index in [0.29, 0.717) is 5.92 Å². The third kappa shape index (κ3) is 1.10. The van der Waals surface area contributed by atoms with Crippen LogP contribution >= 0.6 is 0 Å². The summed E-state index contributed by atoms with van der Waals surface area (Å²) in [4.78, 5) is 0. The molecule has 0 heterocycles. The van der Waals surface area contributed by atoms with Crippen LogP contribution in [0.5, 0.6) is 0 Å². The lowest BCUT2D eigenvalue weighted by Crippen LogP contribution is -2.37. The lowest BCUT2D eigenvalue weighted by Gasteiger charge is -2.36. The molecule has 0 amide bonds. The van der Waals surface area contributed by atoms with Gasteiger partial charge in [0.1, 0.15) is 0 Å². The second kappa shape index (κ2) is 2.48. The molecule has 0 radical (unpaired) electrons. The molecule has 0 bridgehead atoms. The predicted molar refractivity (Wildman–Crippen MR) is 45.3 cm³/mol. The first-order valence-corrected chi connectivity index (χ1v) is 4.95. The van der Waals surface area contributed by atoms with E-state index in [4.69, 9.17) is 0 Å². The average Bonchev–Trinajstić information content (AvgIpc) is 2.29. The van der Waals surface area contributed by atoms with Gasteiger partial charge in [0.25, 0.3) is 0 Å². The van der Waals surface area contributed by atoms with Crippen LogP contribution in [0.2, 0.25) is 0 Å². The molecule has 2 rings (SSSR count). The second-order valence-electron chi connectivity index (χ2n) is 4.47. The van der Waals surface area contributed by atoms with Gasteiger partial charge in [-0.15, -0.1) is 0 Å². The molecule has 0 aromatic rings. The smallest absolute Gasteiger partial charge is 0.0678 e. The minimum absolute atomic E-state index is 0.238.